The molecule has 0 amide bonds. The predicted molar refractivity (Wildman–Crippen MR) is 71.7 cm³/mol. The number of hydrogen-bond acceptors (Lipinski definition) is 3. The van der Waals surface area contributed by atoms with Gasteiger partial charge in [-0.25, -0.2) is 4.98 Å². The van der Waals surface area contributed by atoms with E-state index in [0.29, 0.717) is 5.82 Å². The van der Waals surface area contributed by atoms with Crippen LogP contribution in [0.25, 0.3) is 11.4 Å². The van der Waals surface area contributed by atoms with Crippen molar-refractivity contribution >= 4 is 0 Å². The van der Waals surface area contributed by atoms with Gasteiger partial charge in [0.1, 0.15) is 5.82 Å². The van der Waals surface area contributed by atoms with Gasteiger partial charge in [0.2, 0.25) is 0 Å². The Morgan fingerprint density at radius 3 is 2.22 bits per heavy atom. The van der Waals surface area contributed by atoms with Crippen LogP contribution in [0.15, 0.2) is 23.0 Å². The van der Waals surface area contributed by atoms with E-state index in [9.17, 15) is 4.79 Å². The number of pyridine rings is 1. The molecule has 4 nitrogen and oxygen atoms in total. The molecule has 0 aromatic carbocycles. The van der Waals surface area contributed by atoms with Crippen molar-refractivity contribution in [1.82, 2.24) is 15.0 Å². The number of nitrogens with one attached hydrogen (secondary N) is 1. The third-order valence-corrected chi connectivity index (χ3v) is 2.71. The zero-order valence-electron chi connectivity index (χ0n) is 11.1. The maximum Gasteiger partial charge on any atom is 0.251 e. The summed E-state index contributed by atoms with van der Waals surface area (Å²) in [5.41, 5.74) is 3.43. The molecule has 18 heavy (non-hydrogen) atoms. The minimum Gasteiger partial charge on any atom is -0.307 e. The lowest BCUT2D eigenvalue weighted by molar-refractivity contribution is 0.812. The van der Waals surface area contributed by atoms with Crippen LogP contribution >= 0.6 is 0 Å². The molecule has 0 fully saturated rings. The zero-order valence-corrected chi connectivity index (χ0v) is 11.1. The number of aromatic nitrogens is 3. The first-order valence-electron chi connectivity index (χ1n) is 6.02. The summed E-state index contributed by atoms with van der Waals surface area (Å²) in [6.07, 6.45) is 0. The maximum absolute atomic E-state index is 11.6. The molecule has 2 aromatic rings. The van der Waals surface area contributed by atoms with Crippen LogP contribution in [-0.4, -0.2) is 15.0 Å². The summed E-state index contributed by atoms with van der Waals surface area (Å²) < 4.78 is 0. The average molecular weight is 243 g/mol. The highest BCUT2D eigenvalue weighted by Gasteiger charge is 2.08. The van der Waals surface area contributed by atoms with Crippen LogP contribution < -0.4 is 5.56 Å². The Balaban J connectivity index is 2.60. The second-order valence-corrected chi connectivity index (χ2v) is 4.81. The molecule has 2 rings (SSSR count). The molecule has 0 atom stereocenters. The molecule has 0 aliphatic carbocycles. The minimum atomic E-state index is -0.115. The lowest BCUT2D eigenvalue weighted by Gasteiger charge is -2.08. The largest absolute Gasteiger partial charge is 0.307 e. The summed E-state index contributed by atoms with van der Waals surface area (Å²) in [5, 5.41) is 0. The Morgan fingerprint density at radius 2 is 1.67 bits per heavy atom. The Hall–Kier alpha value is -1.97. The summed E-state index contributed by atoms with van der Waals surface area (Å²) in [6, 6.07) is 5.40. The molecule has 0 aliphatic heterocycles. The van der Waals surface area contributed by atoms with Gasteiger partial charge in [-0.05, 0) is 31.9 Å². The first-order chi connectivity index (χ1) is 8.45. The quantitative estimate of drug-likeness (QED) is 0.881. The lowest BCUT2D eigenvalue weighted by Crippen LogP contribution is -2.11. The number of rotatable bonds is 2. The highest BCUT2D eigenvalue weighted by atomic mass is 16.1. The smallest absolute Gasteiger partial charge is 0.251 e. The lowest BCUT2D eigenvalue weighted by atomic mass is 10.1. The van der Waals surface area contributed by atoms with Gasteiger partial charge in [0.15, 0.2) is 0 Å². The van der Waals surface area contributed by atoms with E-state index in [-0.39, 0.29) is 11.5 Å². The number of aryl methyl sites for hydroxylation is 2. The van der Waals surface area contributed by atoms with E-state index in [4.69, 9.17) is 0 Å². The van der Waals surface area contributed by atoms with Gasteiger partial charge in [-0.15, -0.1) is 0 Å². The van der Waals surface area contributed by atoms with Crippen molar-refractivity contribution < 1.29 is 0 Å². The highest BCUT2D eigenvalue weighted by Crippen LogP contribution is 2.18. The van der Waals surface area contributed by atoms with Crippen LogP contribution in [0.4, 0.5) is 0 Å². The number of hydrogen-bond donors (Lipinski definition) is 1. The summed E-state index contributed by atoms with van der Waals surface area (Å²) in [6.45, 7) is 7.91. The van der Waals surface area contributed by atoms with Gasteiger partial charge in [-0.1, -0.05) is 13.8 Å². The highest BCUT2D eigenvalue weighted by molar-refractivity contribution is 5.55. The van der Waals surface area contributed by atoms with Gasteiger partial charge in [-0.3, -0.25) is 9.78 Å². The Bertz CT molecular complexity index is 609. The van der Waals surface area contributed by atoms with Gasteiger partial charge in [-0.2, -0.15) is 0 Å². The van der Waals surface area contributed by atoms with Crippen molar-refractivity contribution in [2.45, 2.75) is 33.6 Å². The molecule has 4 heteroatoms. The van der Waals surface area contributed by atoms with E-state index < -0.39 is 0 Å². The van der Waals surface area contributed by atoms with Crippen LogP contribution in [0.5, 0.6) is 0 Å². The van der Waals surface area contributed by atoms with Crippen LogP contribution in [-0.2, 0) is 0 Å². The maximum atomic E-state index is 11.6. The van der Waals surface area contributed by atoms with Crippen LogP contribution in [0.2, 0.25) is 0 Å². The Labute approximate surface area is 106 Å². The molecule has 2 aromatic heterocycles. The van der Waals surface area contributed by atoms with Crippen molar-refractivity contribution in [3.8, 4) is 11.4 Å². The van der Waals surface area contributed by atoms with E-state index in [0.717, 1.165) is 22.6 Å². The molecule has 0 aliphatic rings. The third kappa shape index (κ3) is 2.64. The van der Waals surface area contributed by atoms with Crippen LogP contribution in [0.1, 0.15) is 36.8 Å². The fraction of sp³-hybridized carbons (Fsp3) is 0.357. The molecule has 1 N–H and O–H groups in total. The van der Waals surface area contributed by atoms with Gasteiger partial charge in [0.25, 0.3) is 5.56 Å². The van der Waals surface area contributed by atoms with Gasteiger partial charge >= 0.3 is 0 Å². The van der Waals surface area contributed by atoms with Crippen LogP contribution in [0.3, 0.4) is 0 Å². The molecular formula is C14H17N3O. The fourth-order valence-electron chi connectivity index (χ4n) is 1.88. The first-order valence-corrected chi connectivity index (χ1v) is 6.02. The van der Waals surface area contributed by atoms with E-state index in [1.165, 1.54) is 0 Å². The zero-order chi connectivity index (χ0) is 13.3. The van der Waals surface area contributed by atoms with E-state index in [2.05, 4.69) is 15.0 Å². The Kier molecular flexibility index (Phi) is 3.28. The fourth-order valence-corrected chi connectivity index (χ4v) is 1.88. The first kappa shape index (κ1) is 12.5. The second-order valence-electron chi connectivity index (χ2n) is 4.81. The number of nitrogens with zero attached hydrogens (tertiary/aromatic N) is 2. The summed E-state index contributed by atoms with van der Waals surface area (Å²) >= 11 is 0. The minimum absolute atomic E-state index is 0.115. The predicted octanol–water partition coefficient (Wildman–Crippen LogP) is 2.57. The summed E-state index contributed by atoms with van der Waals surface area (Å²) in [4.78, 5) is 23.2. The Morgan fingerprint density at radius 1 is 1.06 bits per heavy atom. The second kappa shape index (κ2) is 4.72. The van der Waals surface area contributed by atoms with Crippen molar-refractivity contribution in [3.63, 3.8) is 0 Å². The molecule has 0 unspecified atom stereocenters. The van der Waals surface area contributed by atoms with E-state index in [1.54, 1.807) is 6.07 Å². The third-order valence-electron chi connectivity index (χ3n) is 2.71. The van der Waals surface area contributed by atoms with Gasteiger partial charge in [0, 0.05) is 23.0 Å². The standard InChI is InChI=1S/C14H17N3O/c1-8(2)12-7-13(18)17-14(16-12)11-5-9(3)15-10(4)6-11/h5-8H,1-4H3,(H,16,17,18). The topological polar surface area (TPSA) is 58.6 Å². The molecule has 0 saturated carbocycles. The molecule has 0 bridgehead atoms. The molecule has 94 valence electrons. The summed E-state index contributed by atoms with van der Waals surface area (Å²) in [7, 11) is 0. The van der Waals surface area contributed by atoms with Crippen molar-refractivity contribution in [2.75, 3.05) is 0 Å². The molecule has 0 spiro atoms. The van der Waals surface area contributed by atoms with Crippen molar-refractivity contribution in [3.05, 3.63) is 45.6 Å². The molecule has 0 radical (unpaired) electrons. The van der Waals surface area contributed by atoms with E-state index in [1.807, 2.05) is 39.8 Å². The van der Waals surface area contributed by atoms with E-state index >= 15 is 0 Å². The molecule has 0 saturated heterocycles. The number of H-pyrrole nitrogens is 1. The van der Waals surface area contributed by atoms with Crippen LogP contribution in [0, 0.1) is 13.8 Å². The number of aromatic amines is 1. The SMILES string of the molecule is Cc1cc(-c2nc(C(C)C)cc(=O)[nH]2)cc(C)n1. The average Bonchev–Trinajstić information content (AvgIpc) is 2.26. The van der Waals surface area contributed by atoms with Gasteiger partial charge < -0.3 is 4.98 Å². The molecular weight excluding hydrogens is 226 g/mol. The monoisotopic (exact) mass is 243 g/mol. The van der Waals surface area contributed by atoms with Crippen molar-refractivity contribution in [1.29, 1.82) is 0 Å². The van der Waals surface area contributed by atoms with Gasteiger partial charge in [0.05, 0.1) is 5.69 Å². The van der Waals surface area contributed by atoms with Crippen molar-refractivity contribution in [2.24, 2.45) is 0 Å². The normalized spacial score (nSPS) is 10.9. The summed E-state index contributed by atoms with van der Waals surface area (Å²) in [5.74, 6) is 0.842. The molecule has 2 heterocycles.